The molecular formula is C18H21NO3. The molecule has 0 spiro atoms. The van der Waals surface area contributed by atoms with Crippen molar-refractivity contribution in [1.82, 2.24) is 4.98 Å². The molecular weight excluding hydrogens is 278 g/mol. The third kappa shape index (κ3) is 5.13. The molecule has 1 unspecified atom stereocenters. The fourth-order valence-corrected chi connectivity index (χ4v) is 1.75. The number of allylic oxidation sites excluding steroid dienone is 1. The first-order valence-electron chi connectivity index (χ1n) is 7.18. The van der Waals surface area contributed by atoms with Crippen molar-refractivity contribution in [1.29, 1.82) is 0 Å². The highest BCUT2D eigenvalue weighted by atomic mass is 16.5. The Morgan fingerprint density at radius 1 is 1.14 bits per heavy atom. The number of nitrogens with zero attached hydrogens (tertiary/aromatic N) is 1. The standard InChI is InChI=1S/C18H21NO3/c1-13(2)20-12-15(4)21-16-6-8-17(9-7-16)22-18-10-5-14(3)11-19-18/h5-11,15H,1,12H2,2-4H3. The zero-order valence-corrected chi connectivity index (χ0v) is 13.2. The van der Waals surface area contributed by atoms with Gasteiger partial charge in [0.25, 0.3) is 0 Å². The summed E-state index contributed by atoms with van der Waals surface area (Å²) in [5.41, 5.74) is 1.10. The summed E-state index contributed by atoms with van der Waals surface area (Å²) in [6, 6.07) is 11.2. The molecule has 0 aliphatic heterocycles. The lowest BCUT2D eigenvalue weighted by atomic mass is 10.3. The maximum atomic E-state index is 5.75. The summed E-state index contributed by atoms with van der Waals surface area (Å²) in [7, 11) is 0. The Morgan fingerprint density at radius 2 is 1.82 bits per heavy atom. The summed E-state index contributed by atoms with van der Waals surface area (Å²) in [6.45, 7) is 9.92. The van der Waals surface area contributed by atoms with Crippen LogP contribution in [0.2, 0.25) is 0 Å². The average Bonchev–Trinajstić information content (AvgIpc) is 2.49. The summed E-state index contributed by atoms with van der Waals surface area (Å²) in [4.78, 5) is 4.21. The van der Waals surface area contributed by atoms with Crippen molar-refractivity contribution < 1.29 is 14.2 Å². The first-order valence-corrected chi connectivity index (χ1v) is 7.18. The van der Waals surface area contributed by atoms with Gasteiger partial charge in [-0.15, -0.1) is 0 Å². The minimum atomic E-state index is -0.0535. The minimum Gasteiger partial charge on any atom is -0.495 e. The SMILES string of the molecule is C=C(C)OCC(C)Oc1ccc(Oc2ccc(C)cn2)cc1. The van der Waals surface area contributed by atoms with Crippen LogP contribution < -0.4 is 9.47 Å². The summed E-state index contributed by atoms with van der Waals surface area (Å²) in [5.74, 6) is 2.74. The first kappa shape index (κ1) is 15.9. The van der Waals surface area contributed by atoms with Crippen LogP contribution in [0.1, 0.15) is 19.4 Å². The Kier molecular flexibility index (Phi) is 5.42. The van der Waals surface area contributed by atoms with Gasteiger partial charge in [0, 0.05) is 12.3 Å². The van der Waals surface area contributed by atoms with Crippen molar-refractivity contribution in [2.45, 2.75) is 26.9 Å². The van der Waals surface area contributed by atoms with Crippen molar-refractivity contribution in [3.8, 4) is 17.4 Å². The number of ether oxygens (including phenoxy) is 3. The van der Waals surface area contributed by atoms with Crippen molar-refractivity contribution in [2.24, 2.45) is 0 Å². The lowest BCUT2D eigenvalue weighted by Gasteiger charge is -2.15. The number of benzene rings is 1. The Morgan fingerprint density at radius 3 is 2.41 bits per heavy atom. The summed E-state index contributed by atoms with van der Waals surface area (Å²) in [6.07, 6.45) is 1.72. The Hall–Kier alpha value is -2.49. The van der Waals surface area contributed by atoms with Gasteiger partial charge in [0.05, 0.1) is 5.76 Å². The molecule has 4 heteroatoms. The molecule has 2 aromatic rings. The van der Waals surface area contributed by atoms with E-state index in [1.165, 1.54) is 0 Å². The first-order chi connectivity index (χ1) is 10.5. The number of hydrogen-bond donors (Lipinski definition) is 0. The smallest absolute Gasteiger partial charge is 0.219 e. The highest BCUT2D eigenvalue weighted by Crippen LogP contribution is 2.23. The van der Waals surface area contributed by atoms with Gasteiger partial charge in [0.2, 0.25) is 5.88 Å². The molecule has 4 nitrogen and oxygen atoms in total. The number of rotatable bonds is 7. The topological polar surface area (TPSA) is 40.6 Å². The average molecular weight is 299 g/mol. The van der Waals surface area contributed by atoms with Gasteiger partial charge in [0.1, 0.15) is 24.2 Å². The molecule has 0 bridgehead atoms. The molecule has 1 heterocycles. The van der Waals surface area contributed by atoms with E-state index in [0.717, 1.165) is 17.1 Å². The molecule has 0 radical (unpaired) electrons. The van der Waals surface area contributed by atoms with Gasteiger partial charge in [-0.2, -0.15) is 0 Å². The number of aromatic nitrogens is 1. The fraction of sp³-hybridized carbons (Fsp3) is 0.278. The maximum absolute atomic E-state index is 5.75. The van der Waals surface area contributed by atoms with Crippen LogP contribution in [0.3, 0.4) is 0 Å². The molecule has 0 N–H and O–H groups in total. The van der Waals surface area contributed by atoms with Crippen molar-refractivity contribution >= 4 is 0 Å². The molecule has 0 fully saturated rings. The summed E-state index contributed by atoms with van der Waals surface area (Å²) >= 11 is 0. The maximum Gasteiger partial charge on any atom is 0.219 e. The summed E-state index contributed by atoms with van der Waals surface area (Å²) in [5, 5.41) is 0. The predicted octanol–water partition coefficient (Wildman–Crippen LogP) is 4.50. The van der Waals surface area contributed by atoms with Gasteiger partial charge in [-0.05, 0) is 50.6 Å². The van der Waals surface area contributed by atoms with Crippen molar-refractivity contribution in [3.05, 3.63) is 60.5 Å². The Bertz CT molecular complexity index is 605. The van der Waals surface area contributed by atoms with Gasteiger partial charge in [-0.25, -0.2) is 4.98 Å². The van der Waals surface area contributed by atoms with E-state index in [4.69, 9.17) is 14.2 Å². The third-order valence-corrected chi connectivity index (χ3v) is 2.83. The Labute approximate surface area is 131 Å². The van der Waals surface area contributed by atoms with Crippen molar-refractivity contribution in [3.63, 3.8) is 0 Å². The molecule has 1 aromatic heterocycles. The van der Waals surface area contributed by atoms with E-state index in [9.17, 15) is 0 Å². The highest BCUT2D eigenvalue weighted by Gasteiger charge is 2.05. The van der Waals surface area contributed by atoms with Crippen LogP contribution in [0.5, 0.6) is 17.4 Å². The number of hydrogen-bond acceptors (Lipinski definition) is 4. The van der Waals surface area contributed by atoms with Crippen LogP contribution in [0.4, 0.5) is 0 Å². The zero-order chi connectivity index (χ0) is 15.9. The van der Waals surface area contributed by atoms with Gasteiger partial charge >= 0.3 is 0 Å². The second-order valence-corrected chi connectivity index (χ2v) is 5.19. The molecule has 0 saturated carbocycles. The van der Waals surface area contributed by atoms with E-state index in [0.29, 0.717) is 18.2 Å². The van der Waals surface area contributed by atoms with E-state index in [1.807, 2.05) is 57.2 Å². The number of aryl methyl sites for hydroxylation is 1. The molecule has 0 amide bonds. The predicted molar refractivity (Wildman–Crippen MR) is 86.3 cm³/mol. The van der Waals surface area contributed by atoms with Crippen LogP contribution in [0, 0.1) is 6.92 Å². The quantitative estimate of drug-likeness (QED) is 0.706. The van der Waals surface area contributed by atoms with E-state index >= 15 is 0 Å². The zero-order valence-electron chi connectivity index (χ0n) is 13.2. The molecule has 0 aliphatic carbocycles. The van der Waals surface area contributed by atoms with Crippen LogP contribution in [0.15, 0.2) is 54.9 Å². The lowest BCUT2D eigenvalue weighted by molar-refractivity contribution is 0.101. The third-order valence-electron chi connectivity index (χ3n) is 2.83. The van der Waals surface area contributed by atoms with Gasteiger partial charge in [-0.1, -0.05) is 12.6 Å². The van der Waals surface area contributed by atoms with E-state index in [-0.39, 0.29) is 6.10 Å². The molecule has 1 aromatic carbocycles. The van der Waals surface area contributed by atoms with E-state index < -0.39 is 0 Å². The molecule has 116 valence electrons. The van der Waals surface area contributed by atoms with E-state index in [2.05, 4.69) is 11.6 Å². The van der Waals surface area contributed by atoms with E-state index in [1.54, 1.807) is 6.20 Å². The monoisotopic (exact) mass is 299 g/mol. The second kappa shape index (κ2) is 7.50. The van der Waals surface area contributed by atoms with Crippen LogP contribution in [-0.2, 0) is 4.74 Å². The second-order valence-electron chi connectivity index (χ2n) is 5.19. The normalized spacial score (nSPS) is 11.6. The molecule has 22 heavy (non-hydrogen) atoms. The molecule has 1 atom stereocenters. The summed E-state index contributed by atoms with van der Waals surface area (Å²) < 4.78 is 16.8. The lowest BCUT2D eigenvalue weighted by Crippen LogP contribution is -2.18. The van der Waals surface area contributed by atoms with Crippen LogP contribution in [-0.4, -0.2) is 17.7 Å². The molecule has 0 saturated heterocycles. The van der Waals surface area contributed by atoms with Gasteiger partial charge < -0.3 is 14.2 Å². The molecule has 0 aliphatic rings. The Balaban J connectivity index is 1.89. The van der Waals surface area contributed by atoms with Gasteiger partial charge in [0.15, 0.2) is 0 Å². The molecule has 2 rings (SSSR count). The van der Waals surface area contributed by atoms with Gasteiger partial charge in [-0.3, -0.25) is 0 Å². The number of pyridine rings is 1. The fourth-order valence-electron chi connectivity index (χ4n) is 1.75. The largest absolute Gasteiger partial charge is 0.495 e. The minimum absolute atomic E-state index is 0.0535. The van der Waals surface area contributed by atoms with Crippen LogP contribution in [0.25, 0.3) is 0 Å². The van der Waals surface area contributed by atoms with Crippen LogP contribution >= 0.6 is 0 Å². The highest BCUT2D eigenvalue weighted by molar-refractivity contribution is 5.33. The van der Waals surface area contributed by atoms with Crippen molar-refractivity contribution in [2.75, 3.05) is 6.61 Å².